The third-order valence-corrected chi connectivity index (χ3v) is 4.58. The monoisotopic (exact) mass is 360 g/mol. The third kappa shape index (κ3) is 2.91. The van der Waals surface area contributed by atoms with Gasteiger partial charge in [-0.25, -0.2) is 9.69 Å². The van der Waals surface area contributed by atoms with Crippen molar-refractivity contribution in [3.05, 3.63) is 65.9 Å². The smallest absolute Gasteiger partial charge is 0.329 e. The molecule has 1 N–H and O–H groups in total. The summed E-state index contributed by atoms with van der Waals surface area (Å²) >= 11 is 0. The van der Waals surface area contributed by atoms with Crippen molar-refractivity contribution in [1.29, 1.82) is 0 Å². The van der Waals surface area contributed by atoms with E-state index in [1.165, 1.54) is 7.11 Å². The normalized spacial score (nSPS) is 15.6. The molecule has 0 aromatic heterocycles. The Morgan fingerprint density at radius 2 is 1.63 bits per heavy atom. The second kappa shape index (κ2) is 6.57. The second-order valence-corrected chi connectivity index (χ2v) is 6.19. The quantitative estimate of drug-likeness (QED) is 0.337. The lowest BCUT2D eigenvalue weighted by Gasteiger charge is -2.10. The number of esters is 1. The van der Waals surface area contributed by atoms with Crippen LogP contribution in [0.4, 0.5) is 4.79 Å². The minimum Gasteiger partial charge on any atom is -0.468 e. The standard InChI is InChI=1S/C21H16N2O4/c1-27-19(24)12-23-20(25)18(22-21(23)26)11-17-15-8-4-2-6-13(15)10-14-7-3-5-9-16(14)17/h2-11H,12H2,1H3,(H,22,26)/b18-11+. The van der Waals surface area contributed by atoms with E-state index in [4.69, 9.17) is 0 Å². The number of amides is 3. The highest BCUT2D eigenvalue weighted by Crippen LogP contribution is 2.30. The summed E-state index contributed by atoms with van der Waals surface area (Å²) < 4.78 is 4.55. The predicted molar refractivity (Wildman–Crippen MR) is 102 cm³/mol. The number of ether oxygens (including phenoxy) is 1. The molecule has 1 aliphatic heterocycles. The average molecular weight is 360 g/mol. The van der Waals surface area contributed by atoms with Crippen molar-refractivity contribution in [2.75, 3.05) is 13.7 Å². The molecule has 3 amide bonds. The van der Waals surface area contributed by atoms with Crippen LogP contribution in [0.15, 0.2) is 60.3 Å². The van der Waals surface area contributed by atoms with Gasteiger partial charge in [-0.05, 0) is 39.3 Å². The van der Waals surface area contributed by atoms with Crippen LogP contribution in [0.1, 0.15) is 5.56 Å². The summed E-state index contributed by atoms with van der Waals surface area (Å²) in [5, 5.41) is 6.56. The highest BCUT2D eigenvalue weighted by molar-refractivity contribution is 6.17. The first kappa shape index (κ1) is 16.8. The molecule has 6 heteroatoms. The predicted octanol–water partition coefficient (Wildman–Crippen LogP) is 3.06. The number of fused-ring (bicyclic) bond motifs is 2. The van der Waals surface area contributed by atoms with Gasteiger partial charge in [0.25, 0.3) is 5.91 Å². The van der Waals surface area contributed by atoms with Gasteiger partial charge >= 0.3 is 12.0 Å². The van der Waals surface area contributed by atoms with Crippen molar-refractivity contribution in [2.24, 2.45) is 0 Å². The summed E-state index contributed by atoms with van der Waals surface area (Å²) in [6.45, 7) is -0.422. The minimum absolute atomic E-state index is 0.130. The molecular weight excluding hydrogens is 344 g/mol. The first-order chi connectivity index (χ1) is 13.1. The summed E-state index contributed by atoms with van der Waals surface area (Å²) in [6, 6.07) is 17.2. The van der Waals surface area contributed by atoms with Gasteiger partial charge in [0.2, 0.25) is 0 Å². The number of carbonyl (C=O) groups is 3. The molecule has 1 saturated heterocycles. The van der Waals surface area contributed by atoms with Gasteiger partial charge in [-0.2, -0.15) is 0 Å². The lowest BCUT2D eigenvalue weighted by atomic mass is 9.96. The Kier molecular flexibility index (Phi) is 4.08. The van der Waals surface area contributed by atoms with Gasteiger partial charge in [0.05, 0.1) is 7.11 Å². The minimum atomic E-state index is -0.657. The van der Waals surface area contributed by atoms with Crippen molar-refractivity contribution in [3.8, 4) is 0 Å². The molecule has 1 heterocycles. The Balaban J connectivity index is 1.86. The number of imide groups is 1. The molecule has 0 saturated carbocycles. The Labute approximate surface area is 155 Å². The fourth-order valence-corrected chi connectivity index (χ4v) is 3.26. The number of urea groups is 1. The number of rotatable bonds is 3. The maximum absolute atomic E-state index is 12.6. The van der Waals surface area contributed by atoms with Crippen molar-refractivity contribution in [1.82, 2.24) is 10.2 Å². The number of methoxy groups -OCH3 is 1. The summed E-state index contributed by atoms with van der Waals surface area (Å²) in [7, 11) is 1.21. The molecule has 0 aliphatic carbocycles. The fraction of sp³-hybridized carbons (Fsp3) is 0.0952. The Morgan fingerprint density at radius 1 is 1.04 bits per heavy atom. The molecule has 0 atom stereocenters. The molecular formula is C21H16N2O4. The van der Waals surface area contributed by atoms with Crippen LogP contribution in [-0.4, -0.2) is 36.5 Å². The average Bonchev–Trinajstić information content (AvgIpc) is 2.95. The number of hydrogen-bond acceptors (Lipinski definition) is 4. The van der Waals surface area contributed by atoms with Crippen molar-refractivity contribution < 1.29 is 19.1 Å². The number of benzene rings is 3. The van der Waals surface area contributed by atoms with Crippen LogP contribution in [0.5, 0.6) is 0 Å². The van der Waals surface area contributed by atoms with Crippen molar-refractivity contribution in [2.45, 2.75) is 0 Å². The molecule has 27 heavy (non-hydrogen) atoms. The summed E-state index contributed by atoms with van der Waals surface area (Å²) in [4.78, 5) is 37.0. The topological polar surface area (TPSA) is 75.7 Å². The van der Waals surface area contributed by atoms with Gasteiger partial charge in [-0.15, -0.1) is 0 Å². The van der Waals surface area contributed by atoms with Crippen LogP contribution in [0.3, 0.4) is 0 Å². The summed E-state index contributed by atoms with van der Waals surface area (Å²) in [5.41, 5.74) is 0.970. The first-order valence-corrected chi connectivity index (χ1v) is 8.40. The van der Waals surface area contributed by atoms with Crippen LogP contribution in [0.25, 0.3) is 27.6 Å². The summed E-state index contributed by atoms with van der Waals surface area (Å²) in [5.74, 6) is -1.21. The number of hydrogen-bond donors (Lipinski definition) is 1. The van der Waals surface area contributed by atoms with E-state index >= 15 is 0 Å². The second-order valence-electron chi connectivity index (χ2n) is 6.19. The van der Waals surface area contributed by atoms with E-state index in [2.05, 4.69) is 16.1 Å². The Morgan fingerprint density at radius 3 is 2.22 bits per heavy atom. The van der Waals surface area contributed by atoms with E-state index in [-0.39, 0.29) is 5.70 Å². The number of nitrogens with zero attached hydrogens (tertiary/aromatic N) is 1. The van der Waals surface area contributed by atoms with E-state index in [1.54, 1.807) is 6.08 Å². The van der Waals surface area contributed by atoms with Gasteiger partial charge in [0.15, 0.2) is 0 Å². The number of carbonyl (C=O) groups excluding carboxylic acids is 3. The van der Waals surface area contributed by atoms with Gasteiger partial charge in [-0.3, -0.25) is 9.59 Å². The zero-order valence-electron chi connectivity index (χ0n) is 14.6. The molecule has 1 aliphatic rings. The SMILES string of the molecule is COC(=O)CN1C(=O)N/C(=C/c2c3ccccc3cc3ccccc23)C1=O. The zero-order valence-corrected chi connectivity index (χ0v) is 14.6. The van der Waals surface area contributed by atoms with E-state index in [0.717, 1.165) is 32.0 Å². The molecule has 0 bridgehead atoms. The van der Waals surface area contributed by atoms with Crippen molar-refractivity contribution >= 4 is 45.5 Å². The molecule has 3 aromatic rings. The number of nitrogens with one attached hydrogen (secondary N) is 1. The van der Waals surface area contributed by atoms with Gasteiger partial charge < -0.3 is 10.1 Å². The highest BCUT2D eigenvalue weighted by atomic mass is 16.5. The van der Waals surface area contributed by atoms with Crippen LogP contribution in [0.2, 0.25) is 0 Å². The highest BCUT2D eigenvalue weighted by Gasteiger charge is 2.35. The van der Waals surface area contributed by atoms with Gasteiger partial charge in [0.1, 0.15) is 12.2 Å². The van der Waals surface area contributed by atoms with Crippen molar-refractivity contribution in [3.63, 3.8) is 0 Å². The third-order valence-electron chi connectivity index (χ3n) is 4.58. The van der Waals surface area contributed by atoms with E-state index in [9.17, 15) is 14.4 Å². The first-order valence-electron chi connectivity index (χ1n) is 8.40. The van der Waals surface area contributed by atoms with Gasteiger partial charge in [0, 0.05) is 0 Å². The van der Waals surface area contributed by atoms with Gasteiger partial charge in [-0.1, -0.05) is 48.5 Å². The summed E-state index contributed by atoms with van der Waals surface area (Å²) in [6.07, 6.45) is 1.67. The maximum atomic E-state index is 12.6. The molecule has 134 valence electrons. The van der Waals surface area contributed by atoms with E-state index < -0.39 is 24.5 Å². The molecule has 0 radical (unpaired) electrons. The molecule has 4 rings (SSSR count). The zero-order chi connectivity index (χ0) is 19.0. The molecule has 3 aromatic carbocycles. The Hall–Kier alpha value is -3.67. The van der Waals surface area contributed by atoms with Crippen LogP contribution in [-0.2, 0) is 14.3 Å². The molecule has 1 fully saturated rings. The van der Waals surface area contributed by atoms with E-state index in [1.807, 2.05) is 48.5 Å². The molecule has 6 nitrogen and oxygen atoms in total. The molecule has 0 unspecified atom stereocenters. The lowest BCUT2D eigenvalue weighted by molar-refractivity contribution is -0.143. The van der Waals surface area contributed by atoms with Crippen LogP contribution >= 0.6 is 0 Å². The largest absolute Gasteiger partial charge is 0.468 e. The fourth-order valence-electron chi connectivity index (χ4n) is 3.26. The maximum Gasteiger partial charge on any atom is 0.329 e. The van der Waals surface area contributed by atoms with E-state index in [0.29, 0.717) is 0 Å². The lowest BCUT2D eigenvalue weighted by Crippen LogP contribution is -2.36. The van der Waals surface area contributed by atoms with Crippen LogP contribution < -0.4 is 5.32 Å². The molecule has 0 spiro atoms. The Bertz CT molecular complexity index is 1080. The van der Waals surface area contributed by atoms with Crippen LogP contribution in [0, 0.1) is 0 Å².